The van der Waals surface area contributed by atoms with Crippen LogP contribution in [0.5, 0.6) is 0 Å². The minimum atomic E-state index is -2.07. The van der Waals surface area contributed by atoms with Crippen molar-refractivity contribution in [2.24, 2.45) is 5.92 Å². The van der Waals surface area contributed by atoms with E-state index in [0.29, 0.717) is 12.2 Å². The number of halogens is 3. The van der Waals surface area contributed by atoms with E-state index in [-0.39, 0.29) is 24.7 Å². The van der Waals surface area contributed by atoms with Gasteiger partial charge >= 0.3 is 0 Å². The third-order valence-electron chi connectivity index (χ3n) is 7.76. The number of nitrogens with one attached hydrogen (secondary N) is 1. The molecule has 1 saturated heterocycles. The predicted molar refractivity (Wildman–Crippen MR) is 175 cm³/mol. The highest BCUT2D eigenvalue weighted by molar-refractivity contribution is 6.76. The lowest BCUT2D eigenvalue weighted by molar-refractivity contribution is -0.276. The monoisotopic (exact) mass is 652 g/mol. The smallest absolute Gasteiger partial charge is 0.276 e. The van der Waals surface area contributed by atoms with Gasteiger partial charge in [0.05, 0.1) is 18.8 Å². The van der Waals surface area contributed by atoms with Crippen molar-refractivity contribution in [1.29, 1.82) is 0 Å². The third-order valence-corrected chi connectivity index (χ3v) is 8.27. The van der Waals surface area contributed by atoms with Gasteiger partial charge in [-0.3, -0.25) is 9.69 Å². The summed E-state index contributed by atoms with van der Waals surface area (Å²) in [6.45, 7) is 4.34. The maximum Gasteiger partial charge on any atom is 0.276 e. The Balaban J connectivity index is 1.42. The summed E-state index contributed by atoms with van der Waals surface area (Å²) in [6.07, 6.45) is -1.09. The van der Waals surface area contributed by atoms with Gasteiger partial charge in [-0.25, -0.2) is 0 Å². The van der Waals surface area contributed by atoms with Gasteiger partial charge in [0.25, 0.3) is 9.70 Å². The van der Waals surface area contributed by atoms with Gasteiger partial charge in [0, 0.05) is 36.8 Å². The molecule has 1 aliphatic heterocycles. The summed E-state index contributed by atoms with van der Waals surface area (Å²) in [5, 5.41) is 12.2. The Morgan fingerprint density at radius 1 is 0.773 bits per heavy atom. The third kappa shape index (κ3) is 8.61. The molecule has 4 aromatic rings. The summed E-state index contributed by atoms with van der Waals surface area (Å²) in [7, 11) is 0. The van der Waals surface area contributed by atoms with Gasteiger partial charge in [0.2, 0.25) is 0 Å². The van der Waals surface area contributed by atoms with E-state index in [1.807, 2.05) is 48.5 Å². The van der Waals surface area contributed by atoms with E-state index in [2.05, 4.69) is 65.7 Å². The molecule has 44 heavy (non-hydrogen) atoms. The summed E-state index contributed by atoms with van der Waals surface area (Å²) in [5.74, 6) is -0.722. The van der Waals surface area contributed by atoms with Crippen LogP contribution < -0.4 is 5.32 Å². The Morgan fingerprint density at radius 3 is 1.84 bits per heavy atom. The molecule has 0 spiro atoms. The molecule has 0 radical (unpaired) electrons. The fourth-order valence-electron chi connectivity index (χ4n) is 5.38. The van der Waals surface area contributed by atoms with Crippen LogP contribution in [0, 0.1) is 5.92 Å². The normalized spacial score (nSPS) is 20.4. The van der Waals surface area contributed by atoms with Crippen LogP contribution in [0.4, 0.5) is 5.69 Å². The largest absolute Gasteiger partial charge is 0.392 e. The van der Waals surface area contributed by atoms with E-state index in [0.717, 1.165) is 29.8 Å². The number of aliphatic hydroxyl groups is 1. The minimum Gasteiger partial charge on any atom is -0.392 e. The average molecular weight is 654 g/mol. The number of carbonyl (C=O) groups is 1. The number of hydrogen-bond acceptors (Lipinski definition) is 5. The fourth-order valence-corrected chi connectivity index (χ4v) is 5.52. The standard InChI is InChI=1S/C35H35Cl3N2O4/c1-24-31(22-40(20-25-8-4-2-5-9-25)21-26-10-6-3-7-11-26)43-33(44-32(24)28-14-12-27(23-41)13-15-28)29-16-18-30(19-17-29)39-34(42)35(36,37)38/h2-19,24,31-33,41H,20-23H2,1H3,(H,39,42)/t24-,31+,32+,33+/m0/s1. The Bertz CT molecular complexity index is 1440. The number of aliphatic hydroxyl groups excluding tert-OH is 1. The van der Waals surface area contributed by atoms with Crippen molar-refractivity contribution in [3.05, 3.63) is 137 Å². The van der Waals surface area contributed by atoms with Crippen LogP contribution in [0.3, 0.4) is 0 Å². The number of alkyl halides is 3. The summed E-state index contributed by atoms with van der Waals surface area (Å²) >= 11 is 17.1. The quantitative estimate of drug-likeness (QED) is 0.170. The first-order chi connectivity index (χ1) is 21.2. The maximum atomic E-state index is 12.1. The number of hydrogen-bond donors (Lipinski definition) is 2. The first-order valence-electron chi connectivity index (χ1n) is 14.5. The van der Waals surface area contributed by atoms with E-state index < -0.39 is 16.0 Å². The SMILES string of the molecule is C[C@H]1[C@@H](CN(Cc2ccccc2)Cc2ccccc2)O[C@@H](c2ccc(NC(=O)C(Cl)(Cl)Cl)cc2)O[C@H]1c1ccc(CO)cc1. The molecule has 1 heterocycles. The zero-order chi connectivity index (χ0) is 31.1. The van der Waals surface area contributed by atoms with Gasteiger partial charge in [-0.05, 0) is 34.4 Å². The van der Waals surface area contributed by atoms with Gasteiger partial charge < -0.3 is 19.9 Å². The Hall–Kier alpha value is -2.94. The maximum absolute atomic E-state index is 12.1. The number of nitrogens with zero attached hydrogens (tertiary/aromatic N) is 1. The number of rotatable bonds is 10. The average Bonchev–Trinajstić information content (AvgIpc) is 3.03. The molecule has 4 atom stereocenters. The zero-order valence-corrected chi connectivity index (χ0v) is 26.6. The lowest BCUT2D eigenvalue weighted by Gasteiger charge is -2.43. The van der Waals surface area contributed by atoms with Crippen molar-refractivity contribution >= 4 is 46.4 Å². The minimum absolute atomic E-state index is 0.0168. The lowest BCUT2D eigenvalue weighted by atomic mass is 9.89. The second kappa shape index (κ2) is 14.9. The van der Waals surface area contributed by atoms with Crippen molar-refractivity contribution in [1.82, 2.24) is 4.90 Å². The van der Waals surface area contributed by atoms with Crippen LogP contribution in [0.1, 0.15) is 47.1 Å². The second-order valence-corrected chi connectivity index (χ2v) is 13.3. The number of benzene rings is 4. The molecule has 0 saturated carbocycles. The number of ether oxygens (including phenoxy) is 2. The van der Waals surface area contributed by atoms with Crippen LogP contribution in [0.25, 0.3) is 0 Å². The van der Waals surface area contributed by atoms with E-state index in [1.165, 1.54) is 11.1 Å². The van der Waals surface area contributed by atoms with E-state index in [4.69, 9.17) is 44.3 Å². The summed E-state index contributed by atoms with van der Waals surface area (Å²) in [4.78, 5) is 14.5. The Labute approximate surface area is 273 Å². The van der Waals surface area contributed by atoms with Crippen molar-refractivity contribution in [3.63, 3.8) is 0 Å². The van der Waals surface area contributed by atoms with Crippen molar-refractivity contribution < 1.29 is 19.4 Å². The van der Waals surface area contributed by atoms with E-state index in [1.54, 1.807) is 12.1 Å². The van der Waals surface area contributed by atoms with Crippen LogP contribution in [-0.4, -0.2) is 32.4 Å². The predicted octanol–water partition coefficient (Wildman–Crippen LogP) is 7.98. The topological polar surface area (TPSA) is 71.0 Å². The summed E-state index contributed by atoms with van der Waals surface area (Å²) < 4.78 is 11.3. The van der Waals surface area contributed by atoms with Crippen LogP contribution in [0.2, 0.25) is 0 Å². The van der Waals surface area contributed by atoms with Gasteiger partial charge in [0.1, 0.15) is 0 Å². The Kier molecular flexibility index (Phi) is 11.0. The molecule has 0 unspecified atom stereocenters. The highest BCUT2D eigenvalue weighted by Crippen LogP contribution is 2.42. The molecule has 0 aliphatic carbocycles. The molecule has 2 N–H and O–H groups in total. The van der Waals surface area contributed by atoms with E-state index >= 15 is 0 Å². The molecule has 1 fully saturated rings. The number of anilines is 1. The highest BCUT2D eigenvalue weighted by Gasteiger charge is 2.39. The van der Waals surface area contributed by atoms with Gasteiger partial charge in [-0.1, -0.05) is 139 Å². The molecule has 0 bridgehead atoms. The molecule has 5 rings (SSSR count). The van der Waals surface area contributed by atoms with Crippen LogP contribution >= 0.6 is 34.8 Å². The Morgan fingerprint density at radius 2 is 1.32 bits per heavy atom. The van der Waals surface area contributed by atoms with Crippen molar-refractivity contribution in [2.45, 2.75) is 48.9 Å². The molecule has 230 valence electrons. The molecule has 4 aromatic carbocycles. The summed E-state index contributed by atoms with van der Waals surface area (Å²) in [5.41, 5.74) is 5.58. The van der Waals surface area contributed by atoms with Crippen LogP contribution in [-0.2, 0) is 34.0 Å². The van der Waals surface area contributed by atoms with Gasteiger partial charge in [-0.2, -0.15) is 0 Å². The first-order valence-corrected chi connectivity index (χ1v) is 15.6. The molecule has 9 heteroatoms. The number of carbonyl (C=O) groups excluding carboxylic acids is 1. The molecule has 1 amide bonds. The van der Waals surface area contributed by atoms with Crippen molar-refractivity contribution in [3.8, 4) is 0 Å². The molecular weight excluding hydrogens is 619 g/mol. The second-order valence-electron chi connectivity index (χ2n) is 11.0. The molecule has 0 aromatic heterocycles. The van der Waals surface area contributed by atoms with E-state index in [9.17, 15) is 9.90 Å². The van der Waals surface area contributed by atoms with Gasteiger partial charge in [-0.15, -0.1) is 0 Å². The molecular formula is C35H35Cl3N2O4. The number of amides is 1. The molecule has 6 nitrogen and oxygen atoms in total. The lowest BCUT2D eigenvalue weighted by Crippen LogP contribution is -2.44. The first kappa shape index (κ1) is 32.5. The fraction of sp³-hybridized carbons (Fsp3) is 0.286. The summed E-state index contributed by atoms with van der Waals surface area (Å²) in [6, 6.07) is 35.9. The zero-order valence-electron chi connectivity index (χ0n) is 24.3. The molecule has 1 aliphatic rings. The van der Waals surface area contributed by atoms with Crippen LogP contribution in [0.15, 0.2) is 109 Å². The highest BCUT2D eigenvalue weighted by atomic mass is 35.6. The van der Waals surface area contributed by atoms with Crippen molar-refractivity contribution in [2.75, 3.05) is 11.9 Å². The van der Waals surface area contributed by atoms with Gasteiger partial charge in [0.15, 0.2) is 6.29 Å².